The van der Waals surface area contributed by atoms with Gasteiger partial charge in [-0.25, -0.2) is 0 Å². The summed E-state index contributed by atoms with van der Waals surface area (Å²) in [6.07, 6.45) is -1.01. The van der Waals surface area contributed by atoms with Crippen molar-refractivity contribution in [2.45, 2.75) is 20.0 Å². The number of hydrogen-bond acceptors (Lipinski definition) is 8. The van der Waals surface area contributed by atoms with Gasteiger partial charge in [0.2, 0.25) is 0 Å². The van der Waals surface area contributed by atoms with Crippen molar-refractivity contribution in [3.05, 3.63) is 0 Å². The van der Waals surface area contributed by atoms with E-state index in [9.17, 15) is 19.0 Å². The van der Waals surface area contributed by atoms with Crippen LogP contribution in [0.1, 0.15) is 13.8 Å². The average Bonchev–Trinajstić information content (AvgIpc) is 2.21. The summed E-state index contributed by atoms with van der Waals surface area (Å²) in [4.78, 5) is 32.1. The second-order valence-electron chi connectivity index (χ2n) is 2.96. The summed E-state index contributed by atoms with van der Waals surface area (Å²) in [5, 5.41) is 0. The highest BCUT2D eigenvalue weighted by molar-refractivity contribution is 7.45. The lowest BCUT2D eigenvalue weighted by molar-refractivity contribution is -0.225. The highest BCUT2D eigenvalue weighted by atomic mass is 31.2. The van der Waals surface area contributed by atoms with Crippen molar-refractivity contribution in [2.24, 2.45) is 0 Å². The van der Waals surface area contributed by atoms with Crippen molar-refractivity contribution in [1.82, 2.24) is 0 Å². The summed E-state index contributed by atoms with van der Waals surface area (Å²) >= 11 is 0. The van der Waals surface area contributed by atoms with E-state index in [2.05, 4.69) is 18.5 Å². The van der Waals surface area contributed by atoms with E-state index in [4.69, 9.17) is 0 Å². The molecule has 17 heavy (non-hydrogen) atoms. The molecule has 0 saturated heterocycles. The van der Waals surface area contributed by atoms with Crippen molar-refractivity contribution in [2.75, 3.05) is 20.3 Å². The smallest absolute Gasteiger partial charge is 0.303 e. The summed E-state index contributed by atoms with van der Waals surface area (Å²) in [5.74, 6) is -1.23. The van der Waals surface area contributed by atoms with E-state index < -0.39 is 32.5 Å². The predicted molar refractivity (Wildman–Crippen MR) is 52.8 cm³/mol. The molecule has 0 rings (SSSR count). The van der Waals surface area contributed by atoms with Gasteiger partial charge in [-0.3, -0.25) is 14.2 Å². The van der Waals surface area contributed by atoms with Crippen LogP contribution in [0.15, 0.2) is 0 Å². The van der Waals surface area contributed by atoms with E-state index in [0.29, 0.717) is 0 Å². The third kappa shape index (κ3) is 8.82. The Morgan fingerprint density at radius 2 is 1.82 bits per heavy atom. The van der Waals surface area contributed by atoms with Gasteiger partial charge in [-0.2, -0.15) is 0 Å². The fourth-order valence-corrected chi connectivity index (χ4v) is 1.24. The third-order valence-electron chi connectivity index (χ3n) is 1.45. The summed E-state index contributed by atoms with van der Waals surface area (Å²) in [6, 6.07) is 0. The first kappa shape index (κ1) is 16.1. The number of phosphoric ester groups is 1. The normalized spacial score (nSPS) is 15.8. The highest BCUT2D eigenvalue weighted by Crippen LogP contribution is 2.36. The molecule has 0 aromatic carbocycles. The first-order valence-corrected chi connectivity index (χ1v) is 6.05. The molecule has 0 amide bonds. The Hall–Kier alpha value is -0.950. The number of rotatable bonds is 7. The van der Waals surface area contributed by atoms with E-state index in [1.807, 2.05) is 0 Å². The van der Waals surface area contributed by atoms with Crippen molar-refractivity contribution in [3.63, 3.8) is 0 Å². The van der Waals surface area contributed by atoms with Gasteiger partial charge < -0.3 is 23.4 Å². The van der Waals surface area contributed by atoms with Crippen LogP contribution in [0.25, 0.3) is 0 Å². The Morgan fingerprint density at radius 3 is 2.24 bits per heavy atom. The van der Waals surface area contributed by atoms with Crippen LogP contribution in [0, 0.1) is 0 Å². The lowest BCUT2D eigenvalue weighted by Gasteiger charge is -2.23. The van der Waals surface area contributed by atoms with Gasteiger partial charge in [0.25, 0.3) is 7.82 Å². The number of carbonyl (C=O) groups excluding carboxylic acids is 2. The molecular formula is C8H14O8P-. The molecule has 2 unspecified atom stereocenters. The Bertz CT molecular complexity index is 315. The maximum absolute atomic E-state index is 10.9. The quantitative estimate of drug-likeness (QED) is 0.454. The summed E-state index contributed by atoms with van der Waals surface area (Å²) in [6.45, 7) is 1.52. The predicted octanol–water partition coefficient (Wildman–Crippen LogP) is -0.387. The molecule has 0 aromatic heterocycles. The van der Waals surface area contributed by atoms with Crippen LogP contribution in [0.5, 0.6) is 0 Å². The summed E-state index contributed by atoms with van der Waals surface area (Å²) in [5.41, 5.74) is 0. The van der Waals surface area contributed by atoms with E-state index in [-0.39, 0.29) is 6.61 Å². The fraction of sp³-hybridized carbons (Fsp3) is 0.750. The van der Waals surface area contributed by atoms with Gasteiger partial charge in [-0.05, 0) is 0 Å². The molecule has 2 atom stereocenters. The SMILES string of the molecule is COP(=O)([O-])OCC(COC(C)=O)OC(C)=O. The minimum Gasteiger partial charge on any atom is -0.756 e. The average molecular weight is 269 g/mol. The number of carbonyl (C=O) groups is 2. The van der Waals surface area contributed by atoms with Crippen LogP contribution in [-0.4, -0.2) is 38.4 Å². The maximum Gasteiger partial charge on any atom is 0.303 e. The molecule has 0 aliphatic carbocycles. The Balaban J connectivity index is 4.23. The van der Waals surface area contributed by atoms with Gasteiger partial charge in [0.15, 0.2) is 6.10 Å². The minimum atomic E-state index is -4.40. The standard InChI is InChI=1S/C8H15O8P/c1-6(9)14-4-8(16-7(2)10)5-15-17(11,12)13-3/h8H,4-5H2,1-3H3,(H,11,12)/p-1. The Kier molecular flexibility index (Phi) is 6.98. The van der Waals surface area contributed by atoms with Gasteiger partial charge in [-0.1, -0.05) is 0 Å². The molecule has 0 radical (unpaired) electrons. The fourth-order valence-electron chi connectivity index (χ4n) is 0.788. The molecule has 9 heteroatoms. The van der Waals surface area contributed by atoms with Crippen molar-refractivity contribution < 1.29 is 37.6 Å². The molecule has 0 aliphatic heterocycles. The molecule has 0 N–H and O–H groups in total. The molecule has 0 aliphatic rings. The van der Waals surface area contributed by atoms with Gasteiger partial charge in [0.1, 0.15) is 6.61 Å². The van der Waals surface area contributed by atoms with Crippen molar-refractivity contribution in [3.8, 4) is 0 Å². The first-order valence-electron chi connectivity index (χ1n) is 4.58. The van der Waals surface area contributed by atoms with E-state index in [1.54, 1.807) is 0 Å². The maximum atomic E-state index is 10.9. The van der Waals surface area contributed by atoms with Crippen molar-refractivity contribution in [1.29, 1.82) is 0 Å². The Morgan fingerprint density at radius 1 is 1.24 bits per heavy atom. The second-order valence-corrected chi connectivity index (χ2v) is 4.48. The zero-order valence-corrected chi connectivity index (χ0v) is 10.6. The lowest BCUT2D eigenvalue weighted by atomic mass is 10.4. The second kappa shape index (κ2) is 7.39. The minimum absolute atomic E-state index is 0.293. The zero-order valence-electron chi connectivity index (χ0n) is 9.70. The molecule has 8 nitrogen and oxygen atoms in total. The monoisotopic (exact) mass is 269 g/mol. The molecule has 0 aromatic rings. The number of esters is 2. The third-order valence-corrected chi connectivity index (χ3v) is 2.36. The summed E-state index contributed by atoms with van der Waals surface area (Å²) in [7, 11) is -3.47. The van der Waals surface area contributed by atoms with E-state index in [0.717, 1.165) is 14.0 Å². The van der Waals surface area contributed by atoms with E-state index in [1.165, 1.54) is 6.92 Å². The van der Waals surface area contributed by atoms with Gasteiger partial charge in [0.05, 0.1) is 6.61 Å². The molecular weight excluding hydrogens is 255 g/mol. The molecule has 100 valence electrons. The number of hydrogen-bond donors (Lipinski definition) is 0. The summed E-state index contributed by atoms with van der Waals surface area (Å²) < 4.78 is 28.6. The Labute approximate surface area is 98.4 Å². The first-order chi connectivity index (χ1) is 7.76. The van der Waals surface area contributed by atoms with Gasteiger partial charge >= 0.3 is 11.9 Å². The van der Waals surface area contributed by atoms with E-state index >= 15 is 0 Å². The highest BCUT2D eigenvalue weighted by Gasteiger charge is 2.17. The molecule has 0 spiro atoms. The van der Waals surface area contributed by atoms with Crippen LogP contribution in [-0.2, 0) is 32.7 Å². The van der Waals surface area contributed by atoms with Crippen LogP contribution in [0.2, 0.25) is 0 Å². The van der Waals surface area contributed by atoms with Crippen molar-refractivity contribution >= 4 is 19.8 Å². The van der Waals surface area contributed by atoms with Crippen LogP contribution in [0.3, 0.4) is 0 Å². The topological polar surface area (TPSA) is 111 Å². The molecule has 0 saturated carbocycles. The van der Waals surface area contributed by atoms with Crippen LogP contribution >= 0.6 is 7.82 Å². The molecule has 0 heterocycles. The van der Waals surface area contributed by atoms with Gasteiger partial charge in [0, 0.05) is 21.0 Å². The van der Waals surface area contributed by atoms with Crippen LogP contribution in [0.4, 0.5) is 0 Å². The molecule has 0 fully saturated rings. The van der Waals surface area contributed by atoms with Gasteiger partial charge in [-0.15, -0.1) is 0 Å². The largest absolute Gasteiger partial charge is 0.756 e. The number of ether oxygens (including phenoxy) is 2. The number of phosphoric acid groups is 1. The lowest BCUT2D eigenvalue weighted by Crippen LogP contribution is -2.29. The molecule has 0 bridgehead atoms. The zero-order chi connectivity index (χ0) is 13.5. The van der Waals surface area contributed by atoms with Crippen LogP contribution < -0.4 is 4.89 Å².